The summed E-state index contributed by atoms with van der Waals surface area (Å²) < 4.78 is 0. The molecule has 1 heterocycles. The average molecular weight is 297 g/mol. The van der Waals surface area contributed by atoms with Crippen LogP contribution in [-0.4, -0.2) is 28.6 Å². The van der Waals surface area contributed by atoms with Crippen LogP contribution < -0.4 is 10.6 Å². The topological polar surface area (TPSA) is 91.3 Å². The van der Waals surface area contributed by atoms with Crippen LogP contribution in [0.4, 0.5) is 4.79 Å². The summed E-state index contributed by atoms with van der Waals surface area (Å²) in [7, 11) is 0. The van der Waals surface area contributed by atoms with E-state index in [9.17, 15) is 9.59 Å². The zero-order valence-electron chi connectivity index (χ0n) is 11.4. The number of carbonyl (C=O) groups is 2. The molecule has 20 heavy (non-hydrogen) atoms. The molecular formula is C13H19N3O3S. The molecule has 0 spiro atoms. The number of carboxylic acid groups (broad SMARTS) is 1. The van der Waals surface area contributed by atoms with Crippen molar-refractivity contribution in [2.45, 2.75) is 39.2 Å². The van der Waals surface area contributed by atoms with E-state index in [0.29, 0.717) is 13.1 Å². The van der Waals surface area contributed by atoms with Crippen molar-refractivity contribution in [3.8, 4) is 0 Å². The molecule has 1 aromatic heterocycles. The molecule has 1 saturated carbocycles. The van der Waals surface area contributed by atoms with E-state index in [1.807, 2.05) is 6.92 Å². The second kappa shape index (κ2) is 6.21. The summed E-state index contributed by atoms with van der Waals surface area (Å²) in [5.41, 5.74) is -0.249. The third kappa shape index (κ3) is 3.93. The van der Waals surface area contributed by atoms with Crippen LogP contribution in [-0.2, 0) is 11.3 Å². The molecule has 6 nitrogen and oxygen atoms in total. The standard InChI is InChI=1S/C13H19N3O3S/c1-9-6-14-10(20-9)7-15-12(19)16-8-13(3-2-4-13)5-11(17)18/h6H,2-5,7-8H2,1H3,(H,17,18)(H2,15,16,19). The predicted molar refractivity (Wildman–Crippen MR) is 75.6 cm³/mol. The third-order valence-electron chi connectivity index (χ3n) is 3.63. The molecule has 110 valence electrons. The number of amides is 2. The van der Waals surface area contributed by atoms with E-state index in [2.05, 4.69) is 15.6 Å². The van der Waals surface area contributed by atoms with Crippen molar-refractivity contribution >= 4 is 23.3 Å². The zero-order valence-corrected chi connectivity index (χ0v) is 12.3. The minimum atomic E-state index is -0.801. The van der Waals surface area contributed by atoms with Crippen molar-refractivity contribution in [1.82, 2.24) is 15.6 Å². The summed E-state index contributed by atoms with van der Waals surface area (Å²) in [5, 5.41) is 15.3. The van der Waals surface area contributed by atoms with Gasteiger partial charge in [-0.05, 0) is 25.2 Å². The van der Waals surface area contributed by atoms with Gasteiger partial charge in [0, 0.05) is 17.6 Å². The summed E-state index contributed by atoms with van der Waals surface area (Å²) in [5.74, 6) is -0.801. The molecule has 3 N–H and O–H groups in total. The molecule has 0 aliphatic heterocycles. The van der Waals surface area contributed by atoms with Gasteiger partial charge < -0.3 is 15.7 Å². The first-order valence-corrected chi connectivity index (χ1v) is 7.46. The highest BCUT2D eigenvalue weighted by molar-refractivity contribution is 7.11. The lowest BCUT2D eigenvalue weighted by atomic mass is 9.66. The lowest BCUT2D eigenvalue weighted by Crippen LogP contribution is -2.46. The van der Waals surface area contributed by atoms with Gasteiger partial charge in [0.25, 0.3) is 0 Å². The van der Waals surface area contributed by atoms with Crippen LogP contribution in [0.25, 0.3) is 0 Å². The van der Waals surface area contributed by atoms with Crippen molar-refractivity contribution < 1.29 is 14.7 Å². The van der Waals surface area contributed by atoms with E-state index in [1.54, 1.807) is 17.5 Å². The SMILES string of the molecule is Cc1cnc(CNC(=O)NCC2(CC(=O)O)CCC2)s1. The number of urea groups is 1. The number of aryl methyl sites for hydroxylation is 1. The fourth-order valence-corrected chi connectivity index (χ4v) is 3.11. The van der Waals surface area contributed by atoms with E-state index in [-0.39, 0.29) is 17.9 Å². The lowest BCUT2D eigenvalue weighted by Gasteiger charge is -2.40. The van der Waals surface area contributed by atoms with Gasteiger partial charge in [-0.25, -0.2) is 9.78 Å². The number of rotatable bonds is 6. The van der Waals surface area contributed by atoms with Crippen LogP contribution in [0.15, 0.2) is 6.20 Å². The van der Waals surface area contributed by atoms with Crippen LogP contribution in [0.2, 0.25) is 0 Å². The minimum Gasteiger partial charge on any atom is -0.481 e. The summed E-state index contributed by atoms with van der Waals surface area (Å²) in [6.07, 6.45) is 4.67. The van der Waals surface area contributed by atoms with Gasteiger partial charge in [0.2, 0.25) is 0 Å². The first-order valence-electron chi connectivity index (χ1n) is 6.64. The second-order valence-electron chi connectivity index (χ2n) is 5.32. The van der Waals surface area contributed by atoms with Crippen LogP contribution >= 0.6 is 11.3 Å². The molecule has 7 heteroatoms. The quantitative estimate of drug-likeness (QED) is 0.748. The highest BCUT2D eigenvalue weighted by Crippen LogP contribution is 2.43. The number of aromatic nitrogens is 1. The van der Waals surface area contributed by atoms with Gasteiger partial charge in [-0.15, -0.1) is 11.3 Å². The highest BCUT2D eigenvalue weighted by atomic mass is 32.1. The molecule has 0 bridgehead atoms. The van der Waals surface area contributed by atoms with Gasteiger partial charge in [0.1, 0.15) is 5.01 Å². The van der Waals surface area contributed by atoms with E-state index >= 15 is 0 Å². The number of carboxylic acids is 1. The Morgan fingerprint density at radius 2 is 2.20 bits per heavy atom. The lowest BCUT2D eigenvalue weighted by molar-refractivity contribution is -0.141. The highest BCUT2D eigenvalue weighted by Gasteiger charge is 2.39. The van der Waals surface area contributed by atoms with Gasteiger partial charge in [-0.3, -0.25) is 4.79 Å². The molecule has 0 saturated heterocycles. The molecule has 2 amide bonds. The Morgan fingerprint density at radius 1 is 1.45 bits per heavy atom. The van der Waals surface area contributed by atoms with Crippen molar-refractivity contribution in [3.63, 3.8) is 0 Å². The molecule has 0 unspecified atom stereocenters. The molecule has 0 atom stereocenters. The monoisotopic (exact) mass is 297 g/mol. The Bertz CT molecular complexity index is 497. The first kappa shape index (κ1) is 14.8. The van der Waals surface area contributed by atoms with E-state index in [1.165, 1.54) is 0 Å². The van der Waals surface area contributed by atoms with Crippen molar-refractivity contribution in [2.24, 2.45) is 5.41 Å². The fraction of sp³-hybridized carbons (Fsp3) is 0.615. The van der Waals surface area contributed by atoms with Crippen LogP contribution in [0.3, 0.4) is 0 Å². The van der Waals surface area contributed by atoms with E-state index in [4.69, 9.17) is 5.11 Å². The van der Waals surface area contributed by atoms with E-state index in [0.717, 1.165) is 29.1 Å². The maximum atomic E-state index is 11.7. The summed E-state index contributed by atoms with van der Waals surface area (Å²) >= 11 is 1.55. The van der Waals surface area contributed by atoms with Gasteiger partial charge in [-0.2, -0.15) is 0 Å². The molecule has 0 aromatic carbocycles. The Hall–Kier alpha value is -1.63. The molecular weight excluding hydrogens is 278 g/mol. The Morgan fingerprint density at radius 3 is 2.70 bits per heavy atom. The average Bonchev–Trinajstić information content (AvgIpc) is 2.75. The molecule has 1 fully saturated rings. The molecule has 1 aromatic rings. The summed E-state index contributed by atoms with van der Waals surface area (Å²) in [4.78, 5) is 27.8. The maximum Gasteiger partial charge on any atom is 0.315 e. The molecule has 1 aliphatic carbocycles. The van der Waals surface area contributed by atoms with Crippen LogP contribution in [0.1, 0.15) is 35.6 Å². The smallest absolute Gasteiger partial charge is 0.315 e. The number of nitrogens with zero attached hydrogens (tertiary/aromatic N) is 1. The van der Waals surface area contributed by atoms with Crippen molar-refractivity contribution in [3.05, 3.63) is 16.1 Å². The number of hydrogen-bond donors (Lipinski definition) is 3. The predicted octanol–water partition coefficient (Wildman–Crippen LogP) is 1.90. The van der Waals surface area contributed by atoms with Crippen LogP contribution in [0, 0.1) is 12.3 Å². The molecule has 1 aliphatic rings. The fourth-order valence-electron chi connectivity index (χ4n) is 2.38. The van der Waals surface area contributed by atoms with Crippen LogP contribution in [0.5, 0.6) is 0 Å². The largest absolute Gasteiger partial charge is 0.481 e. The Labute approximate surface area is 121 Å². The van der Waals surface area contributed by atoms with Gasteiger partial charge >= 0.3 is 12.0 Å². The molecule has 2 rings (SSSR count). The number of nitrogens with one attached hydrogen (secondary N) is 2. The third-order valence-corrected chi connectivity index (χ3v) is 4.55. The zero-order chi connectivity index (χ0) is 14.6. The summed E-state index contributed by atoms with van der Waals surface area (Å²) in [6.45, 7) is 2.78. The van der Waals surface area contributed by atoms with Gasteiger partial charge in [-0.1, -0.05) is 6.42 Å². The Kier molecular flexibility index (Phi) is 4.59. The summed E-state index contributed by atoms with van der Waals surface area (Å²) in [6, 6.07) is -0.269. The van der Waals surface area contributed by atoms with E-state index < -0.39 is 5.97 Å². The second-order valence-corrected chi connectivity index (χ2v) is 6.64. The number of aliphatic carboxylic acids is 1. The Balaban J connectivity index is 1.73. The first-order chi connectivity index (χ1) is 9.49. The van der Waals surface area contributed by atoms with Gasteiger partial charge in [0.15, 0.2) is 0 Å². The van der Waals surface area contributed by atoms with Crippen molar-refractivity contribution in [1.29, 1.82) is 0 Å². The molecule has 0 radical (unpaired) electrons. The number of hydrogen-bond acceptors (Lipinski definition) is 4. The number of carbonyl (C=O) groups excluding carboxylic acids is 1. The normalized spacial score (nSPS) is 16.2. The maximum absolute atomic E-state index is 11.7. The minimum absolute atomic E-state index is 0.124. The van der Waals surface area contributed by atoms with Crippen molar-refractivity contribution in [2.75, 3.05) is 6.54 Å². The number of thiazole rings is 1. The van der Waals surface area contributed by atoms with Gasteiger partial charge in [0.05, 0.1) is 13.0 Å².